The van der Waals surface area contributed by atoms with Crippen LogP contribution in [-0.4, -0.2) is 29.7 Å². The number of hydrogen-bond acceptors (Lipinski definition) is 5. The molecule has 2 aromatic heterocycles. The third-order valence-corrected chi connectivity index (χ3v) is 5.22. The van der Waals surface area contributed by atoms with Gasteiger partial charge >= 0.3 is 6.03 Å². The van der Waals surface area contributed by atoms with Gasteiger partial charge in [-0.1, -0.05) is 30.1 Å². The van der Waals surface area contributed by atoms with Crippen LogP contribution in [-0.2, 0) is 6.54 Å². The van der Waals surface area contributed by atoms with E-state index in [1.807, 2.05) is 47.4 Å². The van der Waals surface area contributed by atoms with Gasteiger partial charge in [0, 0.05) is 18.2 Å². The van der Waals surface area contributed by atoms with Crippen molar-refractivity contribution in [3.05, 3.63) is 60.2 Å². The zero-order valence-corrected chi connectivity index (χ0v) is 16.5. The van der Waals surface area contributed by atoms with E-state index in [2.05, 4.69) is 10.5 Å². The topological polar surface area (TPSA) is 80.7 Å². The van der Waals surface area contributed by atoms with Crippen molar-refractivity contribution in [1.82, 2.24) is 15.4 Å². The Bertz CT molecular complexity index is 935. The first-order valence-corrected chi connectivity index (χ1v) is 9.92. The number of nitrogens with one attached hydrogen (secondary N) is 1. The number of furan rings is 1. The summed E-state index contributed by atoms with van der Waals surface area (Å²) >= 11 is 0. The lowest BCUT2D eigenvalue weighted by Crippen LogP contribution is -2.41. The SMILES string of the molecule is COc1cccc(-c2cc(CNC(=O)N3CCCCC[C@@H]3c3ccco3)on2)c1. The Morgan fingerprint density at radius 2 is 2.17 bits per heavy atom. The average Bonchev–Trinajstić information content (AvgIpc) is 3.40. The van der Waals surface area contributed by atoms with Crippen LogP contribution in [0.15, 0.2) is 57.7 Å². The first kappa shape index (κ1) is 19.1. The van der Waals surface area contributed by atoms with Gasteiger partial charge in [0.15, 0.2) is 5.76 Å². The molecule has 0 radical (unpaired) electrons. The molecule has 1 atom stereocenters. The Morgan fingerprint density at radius 1 is 1.24 bits per heavy atom. The second kappa shape index (κ2) is 8.86. The summed E-state index contributed by atoms with van der Waals surface area (Å²) in [5.74, 6) is 2.19. The minimum absolute atomic E-state index is 0.0328. The molecule has 3 heterocycles. The van der Waals surface area contributed by atoms with Crippen LogP contribution in [0.5, 0.6) is 5.75 Å². The van der Waals surface area contributed by atoms with Crippen molar-refractivity contribution >= 4 is 6.03 Å². The zero-order chi connectivity index (χ0) is 20.1. The quantitative estimate of drug-likeness (QED) is 0.673. The number of nitrogens with zero attached hydrogens (tertiary/aromatic N) is 2. The third kappa shape index (κ3) is 4.45. The van der Waals surface area contributed by atoms with Crippen molar-refractivity contribution in [2.75, 3.05) is 13.7 Å². The Kier molecular flexibility index (Phi) is 5.84. The normalized spacial score (nSPS) is 17.0. The van der Waals surface area contributed by atoms with Crippen LogP contribution in [0.2, 0.25) is 0 Å². The molecule has 1 aliphatic rings. The highest BCUT2D eigenvalue weighted by molar-refractivity contribution is 5.74. The number of amides is 2. The molecule has 0 unspecified atom stereocenters. The summed E-state index contributed by atoms with van der Waals surface area (Å²) in [6.45, 7) is 0.986. The van der Waals surface area contributed by atoms with E-state index in [-0.39, 0.29) is 18.6 Å². The molecule has 7 nitrogen and oxygen atoms in total. The maximum Gasteiger partial charge on any atom is 0.318 e. The van der Waals surface area contributed by atoms with E-state index in [0.29, 0.717) is 18.0 Å². The molecule has 0 spiro atoms. The van der Waals surface area contributed by atoms with Crippen LogP contribution in [0, 0.1) is 0 Å². The van der Waals surface area contributed by atoms with Gasteiger partial charge in [-0.2, -0.15) is 0 Å². The fourth-order valence-corrected chi connectivity index (χ4v) is 3.71. The number of carbonyl (C=O) groups is 1. The summed E-state index contributed by atoms with van der Waals surface area (Å²) < 4.78 is 16.2. The maximum atomic E-state index is 12.9. The molecule has 4 rings (SSSR count). The monoisotopic (exact) mass is 395 g/mol. The summed E-state index contributed by atoms with van der Waals surface area (Å²) in [5.41, 5.74) is 1.60. The fraction of sp³-hybridized carbons (Fsp3) is 0.364. The Morgan fingerprint density at radius 3 is 3.00 bits per heavy atom. The lowest BCUT2D eigenvalue weighted by Gasteiger charge is -2.28. The van der Waals surface area contributed by atoms with Gasteiger partial charge in [-0.15, -0.1) is 0 Å². The molecule has 0 aliphatic carbocycles. The van der Waals surface area contributed by atoms with Gasteiger partial charge in [-0.05, 0) is 37.1 Å². The molecule has 2 amide bonds. The first-order valence-electron chi connectivity index (χ1n) is 9.92. The van der Waals surface area contributed by atoms with Gasteiger partial charge in [-0.3, -0.25) is 0 Å². The summed E-state index contributed by atoms with van der Waals surface area (Å²) in [6.07, 6.45) is 5.76. The van der Waals surface area contributed by atoms with Crippen LogP contribution < -0.4 is 10.1 Å². The molecular weight excluding hydrogens is 370 g/mol. The maximum absolute atomic E-state index is 12.9. The predicted octanol–water partition coefficient (Wildman–Crippen LogP) is 4.77. The molecule has 29 heavy (non-hydrogen) atoms. The predicted molar refractivity (Wildman–Crippen MR) is 107 cm³/mol. The highest BCUT2D eigenvalue weighted by Gasteiger charge is 2.28. The number of ether oxygens (including phenoxy) is 1. The summed E-state index contributed by atoms with van der Waals surface area (Å²) in [6, 6.07) is 13.1. The van der Waals surface area contributed by atoms with E-state index in [4.69, 9.17) is 13.7 Å². The van der Waals surface area contributed by atoms with Crippen molar-refractivity contribution in [2.24, 2.45) is 0 Å². The van der Waals surface area contributed by atoms with Gasteiger partial charge in [-0.25, -0.2) is 4.79 Å². The number of hydrogen-bond donors (Lipinski definition) is 1. The number of likely N-dealkylation sites (tertiary alicyclic amines) is 1. The number of benzene rings is 1. The summed E-state index contributed by atoms with van der Waals surface area (Å²) in [7, 11) is 1.63. The van der Waals surface area contributed by atoms with Crippen LogP contribution in [0.3, 0.4) is 0 Å². The van der Waals surface area contributed by atoms with Crippen LogP contribution >= 0.6 is 0 Å². The van der Waals surface area contributed by atoms with E-state index < -0.39 is 0 Å². The van der Waals surface area contributed by atoms with Gasteiger partial charge in [0.2, 0.25) is 0 Å². The van der Waals surface area contributed by atoms with Crippen LogP contribution in [0.1, 0.15) is 43.2 Å². The number of methoxy groups -OCH3 is 1. The number of rotatable bonds is 5. The summed E-state index contributed by atoms with van der Waals surface area (Å²) in [4.78, 5) is 14.8. The molecule has 1 fully saturated rings. The Hall–Kier alpha value is -3.22. The Balaban J connectivity index is 1.41. The second-order valence-corrected chi connectivity index (χ2v) is 7.14. The molecule has 7 heteroatoms. The van der Waals surface area contributed by atoms with Crippen molar-refractivity contribution in [1.29, 1.82) is 0 Å². The Labute approximate surface area is 169 Å². The standard InChI is InChI=1S/C22H25N3O4/c1-27-17-8-5-7-16(13-17)19-14-18(29-24-19)15-23-22(26)25-11-4-2-3-9-20(25)21-10-6-12-28-21/h5-8,10,12-14,20H,2-4,9,11,15H2,1H3,(H,23,26)/t20-/m1/s1. The zero-order valence-electron chi connectivity index (χ0n) is 16.5. The number of aromatic nitrogens is 1. The van der Waals surface area contributed by atoms with E-state index >= 15 is 0 Å². The molecule has 1 aliphatic heterocycles. The van der Waals surface area contributed by atoms with E-state index in [9.17, 15) is 4.79 Å². The van der Waals surface area contributed by atoms with Crippen molar-refractivity contribution < 1.29 is 18.5 Å². The highest BCUT2D eigenvalue weighted by Crippen LogP contribution is 2.30. The summed E-state index contributed by atoms with van der Waals surface area (Å²) in [5, 5.41) is 7.08. The minimum atomic E-state index is -0.118. The number of carbonyl (C=O) groups excluding carboxylic acids is 1. The van der Waals surface area contributed by atoms with E-state index in [1.165, 1.54) is 0 Å². The molecule has 3 aromatic rings. The smallest absolute Gasteiger partial charge is 0.318 e. The largest absolute Gasteiger partial charge is 0.497 e. The first-order chi connectivity index (χ1) is 14.2. The average molecular weight is 395 g/mol. The molecule has 152 valence electrons. The van der Waals surface area contributed by atoms with Gasteiger partial charge in [0.25, 0.3) is 0 Å². The second-order valence-electron chi connectivity index (χ2n) is 7.14. The van der Waals surface area contributed by atoms with Crippen molar-refractivity contribution in [3.63, 3.8) is 0 Å². The van der Waals surface area contributed by atoms with E-state index in [1.54, 1.807) is 13.4 Å². The third-order valence-electron chi connectivity index (χ3n) is 5.22. The molecule has 1 saturated heterocycles. The van der Waals surface area contributed by atoms with Gasteiger partial charge < -0.3 is 23.9 Å². The molecule has 1 aromatic carbocycles. The fourth-order valence-electron chi connectivity index (χ4n) is 3.71. The number of urea groups is 1. The molecular formula is C22H25N3O4. The van der Waals surface area contributed by atoms with Crippen LogP contribution in [0.4, 0.5) is 4.79 Å². The lowest BCUT2D eigenvalue weighted by molar-refractivity contribution is 0.165. The van der Waals surface area contributed by atoms with Gasteiger partial charge in [0.05, 0.1) is 26.0 Å². The lowest BCUT2D eigenvalue weighted by atomic mass is 10.1. The van der Waals surface area contributed by atoms with Crippen molar-refractivity contribution in [3.8, 4) is 17.0 Å². The van der Waals surface area contributed by atoms with Crippen molar-refractivity contribution in [2.45, 2.75) is 38.3 Å². The highest BCUT2D eigenvalue weighted by atomic mass is 16.5. The molecule has 0 bridgehead atoms. The minimum Gasteiger partial charge on any atom is -0.497 e. The van der Waals surface area contributed by atoms with Gasteiger partial charge in [0.1, 0.15) is 17.2 Å². The molecule has 1 N–H and O–H groups in total. The van der Waals surface area contributed by atoms with Crippen LogP contribution in [0.25, 0.3) is 11.3 Å². The van der Waals surface area contributed by atoms with E-state index in [0.717, 1.165) is 42.8 Å². The molecule has 0 saturated carbocycles.